The number of aryl methyl sites for hydroxylation is 1. The van der Waals surface area contributed by atoms with Crippen molar-refractivity contribution in [1.29, 1.82) is 0 Å². The number of nitrogens with two attached hydrogens (primary N) is 1. The van der Waals surface area contributed by atoms with Crippen molar-refractivity contribution < 1.29 is 5.21 Å². The van der Waals surface area contributed by atoms with Gasteiger partial charge < -0.3 is 15.8 Å². The monoisotopic (exact) mass is 261 g/mol. The Morgan fingerprint density at radius 2 is 2.21 bits per heavy atom. The molecule has 1 aliphatic rings. The summed E-state index contributed by atoms with van der Waals surface area (Å²) < 4.78 is 0. The zero-order valence-electron chi connectivity index (χ0n) is 11.9. The summed E-state index contributed by atoms with van der Waals surface area (Å²) in [5.41, 5.74) is 8.92. The fourth-order valence-corrected chi connectivity index (χ4v) is 3.03. The second kappa shape index (κ2) is 5.51. The Morgan fingerprint density at radius 1 is 1.47 bits per heavy atom. The molecular formula is C15H23N3O. The molecule has 0 bridgehead atoms. The maximum absolute atomic E-state index is 8.96. The van der Waals surface area contributed by atoms with Crippen LogP contribution in [0.3, 0.4) is 0 Å². The number of anilines is 1. The molecule has 0 aromatic heterocycles. The van der Waals surface area contributed by atoms with Crippen molar-refractivity contribution in [2.75, 3.05) is 4.90 Å². The summed E-state index contributed by atoms with van der Waals surface area (Å²) in [5, 5.41) is 12.1. The van der Waals surface area contributed by atoms with E-state index in [-0.39, 0.29) is 5.84 Å². The predicted molar refractivity (Wildman–Crippen MR) is 78.9 cm³/mol. The molecule has 0 saturated carbocycles. The Morgan fingerprint density at radius 3 is 2.84 bits per heavy atom. The van der Waals surface area contributed by atoms with Crippen LogP contribution in [0.25, 0.3) is 0 Å². The first-order valence-corrected chi connectivity index (χ1v) is 6.95. The van der Waals surface area contributed by atoms with Crippen molar-refractivity contribution in [2.24, 2.45) is 10.9 Å². The molecule has 4 nitrogen and oxygen atoms in total. The van der Waals surface area contributed by atoms with E-state index in [9.17, 15) is 0 Å². The number of hydrogen-bond acceptors (Lipinski definition) is 3. The van der Waals surface area contributed by atoms with Gasteiger partial charge in [0, 0.05) is 23.3 Å². The van der Waals surface area contributed by atoms with Crippen LogP contribution in [0.15, 0.2) is 23.4 Å². The predicted octanol–water partition coefficient (Wildman–Crippen LogP) is 2.86. The van der Waals surface area contributed by atoms with E-state index in [1.807, 2.05) is 12.1 Å². The van der Waals surface area contributed by atoms with Crippen LogP contribution < -0.4 is 10.6 Å². The number of nitrogens with zero attached hydrogens (tertiary/aromatic N) is 2. The lowest BCUT2D eigenvalue weighted by molar-refractivity contribution is 0.318. The molecule has 1 fully saturated rings. The van der Waals surface area contributed by atoms with Crippen molar-refractivity contribution in [3.63, 3.8) is 0 Å². The zero-order valence-corrected chi connectivity index (χ0v) is 11.9. The van der Waals surface area contributed by atoms with Gasteiger partial charge in [0.1, 0.15) is 0 Å². The summed E-state index contributed by atoms with van der Waals surface area (Å²) in [5.74, 6) is 0.184. The van der Waals surface area contributed by atoms with Crippen LogP contribution in [0.5, 0.6) is 0 Å². The summed E-state index contributed by atoms with van der Waals surface area (Å²) in [6.07, 6.45) is 3.52. The molecule has 3 N–H and O–H groups in total. The molecule has 0 radical (unpaired) electrons. The molecule has 1 aromatic rings. The quantitative estimate of drug-likeness (QED) is 0.380. The minimum absolute atomic E-state index is 0.184. The molecule has 1 aliphatic heterocycles. The van der Waals surface area contributed by atoms with Crippen LogP contribution >= 0.6 is 0 Å². The first-order valence-electron chi connectivity index (χ1n) is 6.95. The van der Waals surface area contributed by atoms with Gasteiger partial charge in [0.25, 0.3) is 0 Å². The molecule has 2 unspecified atom stereocenters. The van der Waals surface area contributed by atoms with Gasteiger partial charge >= 0.3 is 0 Å². The van der Waals surface area contributed by atoms with Gasteiger partial charge in [0.05, 0.1) is 0 Å². The smallest absolute Gasteiger partial charge is 0.172 e. The topological polar surface area (TPSA) is 61.8 Å². The molecule has 2 atom stereocenters. The van der Waals surface area contributed by atoms with E-state index in [4.69, 9.17) is 10.9 Å². The lowest BCUT2D eigenvalue weighted by Gasteiger charge is -2.32. The van der Waals surface area contributed by atoms with Gasteiger partial charge in [-0.1, -0.05) is 18.1 Å². The highest BCUT2D eigenvalue weighted by Crippen LogP contribution is 2.34. The van der Waals surface area contributed by atoms with Crippen molar-refractivity contribution in [1.82, 2.24) is 0 Å². The van der Waals surface area contributed by atoms with Gasteiger partial charge in [-0.3, -0.25) is 0 Å². The fourth-order valence-electron chi connectivity index (χ4n) is 3.03. The van der Waals surface area contributed by atoms with E-state index < -0.39 is 0 Å². The molecule has 0 spiro atoms. The lowest BCUT2D eigenvalue weighted by Crippen LogP contribution is -2.36. The average Bonchev–Trinajstić information content (AvgIpc) is 2.78. The minimum Gasteiger partial charge on any atom is -0.409 e. The SMILES string of the molecule is CCC1CCC(C)N1c1cc(C)ccc1/C(N)=N/O. The number of rotatable bonds is 3. The summed E-state index contributed by atoms with van der Waals surface area (Å²) in [7, 11) is 0. The van der Waals surface area contributed by atoms with E-state index in [0.29, 0.717) is 12.1 Å². The van der Waals surface area contributed by atoms with Crippen LogP contribution in [-0.2, 0) is 0 Å². The highest BCUT2D eigenvalue weighted by atomic mass is 16.4. The number of benzene rings is 1. The van der Waals surface area contributed by atoms with Crippen LogP contribution in [0.4, 0.5) is 5.69 Å². The minimum atomic E-state index is 0.184. The van der Waals surface area contributed by atoms with Crippen molar-refractivity contribution in [3.05, 3.63) is 29.3 Å². The maximum atomic E-state index is 8.96. The van der Waals surface area contributed by atoms with E-state index in [1.165, 1.54) is 18.4 Å². The van der Waals surface area contributed by atoms with E-state index >= 15 is 0 Å². The maximum Gasteiger partial charge on any atom is 0.172 e. The molecular weight excluding hydrogens is 238 g/mol. The first-order chi connectivity index (χ1) is 9.08. The second-order valence-electron chi connectivity index (χ2n) is 5.40. The highest BCUT2D eigenvalue weighted by molar-refractivity contribution is 6.02. The third kappa shape index (κ3) is 2.53. The summed E-state index contributed by atoms with van der Waals surface area (Å²) >= 11 is 0. The lowest BCUT2D eigenvalue weighted by atomic mass is 10.1. The number of amidine groups is 1. The van der Waals surface area contributed by atoms with Crippen molar-refractivity contribution in [3.8, 4) is 0 Å². The summed E-state index contributed by atoms with van der Waals surface area (Å²) in [6.45, 7) is 6.53. The van der Waals surface area contributed by atoms with Gasteiger partial charge in [-0.05, 0) is 50.8 Å². The van der Waals surface area contributed by atoms with Crippen molar-refractivity contribution in [2.45, 2.75) is 52.1 Å². The molecule has 0 aliphatic carbocycles. The third-order valence-electron chi connectivity index (χ3n) is 4.07. The van der Waals surface area contributed by atoms with Crippen LogP contribution in [0.2, 0.25) is 0 Å². The largest absolute Gasteiger partial charge is 0.409 e. The highest BCUT2D eigenvalue weighted by Gasteiger charge is 2.31. The Labute approximate surface area is 114 Å². The van der Waals surface area contributed by atoms with Gasteiger partial charge in [0.2, 0.25) is 0 Å². The van der Waals surface area contributed by atoms with E-state index in [0.717, 1.165) is 17.7 Å². The number of oxime groups is 1. The summed E-state index contributed by atoms with van der Waals surface area (Å²) in [4.78, 5) is 2.43. The molecule has 1 aromatic carbocycles. The Hall–Kier alpha value is -1.71. The molecule has 4 heteroatoms. The summed E-state index contributed by atoms with van der Waals surface area (Å²) in [6, 6.07) is 7.12. The molecule has 2 rings (SSSR count). The van der Waals surface area contributed by atoms with Crippen molar-refractivity contribution >= 4 is 11.5 Å². The van der Waals surface area contributed by atoms with Crippen LogP contribution in [0, 0.1) is 6.92 Å². The Balaban J connectivity index is 2.50. The molecule has 104 valence electrons. The normalized spacial score (nSPS) is 23.9. The number of hydrogen-bond donors (Lipinski definition) is 2. The molecule has 1 saturated heterocycles. The molecule has 0 amide bonds. The molecule has 1 heterocycles. The first kappa shape index (κ1) is 13.7. The fraction of sp³-hybridized carbons (Fsp3) is 0.533. The Bertz CT molecular complexity index is 484. The van der Waals surface area contributed by atoms with Crippen LogP contribution in [-0.4, -0.2) is 23.1 Å². The van der Waals surface area contributed by atoms with Gasteiger partial charge in [-0.15, -0.1) is 0 Å². The van der Waals surface area contributed by atoms with Gasteiger partial charge in [-0.25, -0.2) is 0 Å². The standard InChI is InChI=1S/C15H23N3O/c1-4-12-7-6-11(3)18(12)14-9-10(2)5-8-13(14)15(16)17-19/h5,8-9,11-12,19H,4,6-7H2,1-3H3,(H2,16,17). The van der Waals surface area contributed by atoms with Gasteiger partial charge in [0.15, 0.2) is 5.84 Å². The van der Waals surface area contributed by atoms with E-state index in [1.54, 1.807) is 0 Å². The van der Waals surface area contributed by atoms with Crippen LogP contribution in [0.1, 0.15) is 44.2 Å². The third-order valence-corrected chi connectivity index (χ3v) is 4.07. The van der Waals surface area contributed by atoms with E-state index in [2.05, 4.69) is 36.9 Å². The molecule has 19 heavy (non-hydrogen) atoms. The second-order valence-corrected chi connectivity index (χ2v) is 5.40. The zero-order chi connectivity index (χ0) is 14.0. The van der Waals surface area contributed by atoms with Gasteiger partial charge in [-0.2, -0.15) is 0 Å². The Kier molecular flexibility index (Phi) is 3.98. The average molecular weight is 261 g/mol.